The Kier molecular flexibility index (Phi) is 8.78. The van der Waals surface area contributed by atoms with E-state index in [2.05, 4.69) is 30.2 Å². The summed E-state index contributed by atoms with van der Waals surface area (Å²) in [6.45, 7) is 3.90. The van der Waals surface area contributed by atoms with Gasteiger partial charge >= 0.3 is 0 Å². The maximum absolute atomic E-state index is 11.6. The van der Waals surface area contributed by atoms with Gasteiger partial charge in [0.25, 0.3) is 0 Å². The molecule has 254 valence electrons. The number of anilines is 6. The highest BCUT2D eigenvalue weighted by atomic mass is 32.1. The maximum Gasteiger partial charge on any atom is 0.233 e. The number of rotatable bonds is 9. The smallest absolute Gasteiger partial charge is 0.233 e. The van der Waals surface area contributed by atoms with Crippen molar-refractivity contribution in [2.45, 2.75) is 88.6 Å². The average molecular weight is 715 g/mol. The summed E-state index contributed by atoms with van der Waals surface area (Å²) >= 11 is 4.62. The molecule has 0 amide bonds. The van der Waals surface area contributed by atoms with Gasteiger partial charge in [0.05, 0.1) is 43.9 Å². The number of pyridine rings is 1. The van der Waals surface area contributed by atoms with E-state index in [9.17, 15) is 10.2 Å². The summed E-state index contributed by atoms with van der Waals surface area (Å²) < 4.78 is 6.60. The lowest BCUT2D eigenvalue weighted by Crippen LogP contribution is -2.48. The van der Waals surface area contributed by atoms with Crippen molar-refractivity contribution in [3.05, 3.63) is 59.2 Å². The second-order valence-corrected chi connectivity index (χ2v) is 15.9. The van der Waals surface area contributed by atoms with Crippen molar-refractivity contribution in [2.24, 2.45) is 0 Å². The molecule has 8 rings (SSSR count). The summed E-state index contributed by atoms with van der Waals surface area (Å²) in [6, 6.07) is 9.76. The van der Waals surface area contributed by atoms with Gasteiger partial charge in [0, 0.05) is 30.2 Å². The Bertz CT molecular complexity index is 2060. The van der Waals surface area contributed by atoms with Crippen molar-refractivity contribution in [2.75, 3.05) is 20.9 Å². The zero-order valence-electron chi connectivity index (χ0n) is 27.2. The first-order valence-corrected chi connectivity index (χ1v) is 19.1. The minimum absolute atomic E-state index is 0.0244. The number of nitrogens with one attached hydrogen (secondary N) is 3. The molecule has 0 saturated heterocycles. The Labute approximate surface area is 295 Å². The van der Waals surface area contributed by atoms with Crippen LogP contribution in [0.15, 0.2) is 53.5 Å². The fraction of sp³-hybridized carbons (Fsp3) is 0.412. The van der Waals surface area contributed by atoms with Gasteiger partial charge < -0.3 is 26.2 Å². The quantitative estimate of drug-likeness (QED) is 0.102. The van der Waals surface area contributed by atoms with E-state index in [-0.39, 0.29) is 18.1 Å². The first-order chi connectivity index (χ1) is 23.8. The first kappa shape index (κ1) is 32.2. The number of thiophene rings is 2. The van der Waals surface area contributed by atoms with Crippen LogP contribution in [0.25, 0.3) is 20.4 Å². The Hall–Kier alpha value is -4.02. The molecular weight excluding hydrogens is 677 g/mol. The lowest BCUT2D eigenvalue weighted by Gasteiger charge is -2.40. The molecule has 6 heterocycles. The SMILES string of the molecule is Cc1cc(N(c2nc(NC3CCC(C)(O)CC3)c3sccc3n2)C2C[C@H](Nc3nc(Nc4ccncc4)nc4ccsc34)CC[C@H]2O)sn1. The highest BCUT2D eigenvalue weighted by Gasteiger charge is 2.38. The normalized spacial score (nSPS) is 24.2. The van der Waals surface area contributed by atoms with Gasteiger partial charge in [0.15, 0.2) is 0 Å². The number of hydrogen-bond acceptors (Lipinski definition) is 15. The Morgan fingerprint density at radius 2 is 1.55 bits per heavy atom. The Balaban J connectivity index is 1.11. The van der Waals surface area contributed by atoms with E-state index in [0.29, 0.717) is 24.7 Å². The minimum atomic E-state index is -0.617. The van der Waals surface area contributed by atoms with Gasteiger partial charge in [-0.15, -0.1) is 22.7 Å². The molecule has 2 saturated carbocycles. The number of aliphatic hydroxyl groups is 2. The fourth-order valence-corrected chi connectivity index (χ4v) is 9.21. The summed E-state index contributed by atoms with van der Waals surface area (Å²) in [5, 5.41) is 37.9. The summed E-state index contributed by atoms with van der Waals surface area (Å²) in [5.74, 6) is 2.61. The van der Waals surface area contributed by atoms with Crippen LogP contribution >= 0.6 is 34.2 Å². The van der Waals surface area contributed by atoms with E-state index in [4.69, 9.17) is 19.9 Å². The van der Waals surface area contributed by atoms with Crippen LogP contribution in [0.1, 0.15) is 57.6 Å². The van der Waals surface area contributed by atoms with Crippen LogP contribution in [0.2, 0.25) is 0 Å². The van der Waals surface area contributed by atoms with Crippen LogP contribution in [0.4, 0.5) is 34.2 Å². The number of aliphatic hydroxyl groups excluding tert-OH is 1. The molecule has 6 aromatic rings. The molecule has 0 aliphatic heterocycles. The highest BCUT2D eigenvalue weighted by molar-refractivity contribution is 7.18. The third-order valence-corrected chi connectivity index (χ3v) is 12.2. The van der Waals surface area contributed by atoms with Crippen LogP contribution < -0.4 is 20.9 Å². The summed E-state index contributed by atoms with van der Waals surface area (Å²) in [6.07, 6.45) is 8.10. The van der Waals surface area contributed by atoms with Crippen LogP contribution in [0.5, 0.6) is 0 Å². The molecule has 1 unspecified atom stereocenters. The Morgan fingerprint density at radius 1 is 0.857 bits per heavy atom. The highest BCUT2D eigenvalue weighted by Crippen LogP contribution is 2.40. The zero-order valence-corrected chi connectivity index (χ0v) is 29.7. The van der Waals surface area contributed by atoms with Gasteiger partial charge in [-0.25, -0.2) is 9.97 Å². The molecule has 0 spiro atoms. The van der Waals surface area contributed by atoms with Crippen molar-refractivity contribution in [3.63, 3.8) is 0 Å². The number of aryl methyl sites for hydroxylation is 1. The molecule has 2 aliphatic carbocycles. The van der Waals surface area contributed by atoms with Gasteiger partial charge in [-0.3, -0.25) is 9.88 Å². The zero-order chi connectivity index (χ0) is 33.5. The maximum atomic E-state index is 11.6. The molecule has 2 fully saturated rings. The van der Waals surface area contributed by atoms with Crippen LogP contribution in [0.3, 0.4) is 0 Å². The van der Waals surface area contributed by atoms with E-state index < -0.39 is 11.7 Å². The Morgan fingerprint density at radius 3 is 2.27 bits per heavy atom. The number of aromatic nitrogens is 6. The molecule has 2 aliphatic rings. The molecule has 12 nitrogen and oxygen atoms in total. The van der Waals surface area contributed by atoms with Crippen molar-refractivity contribution in [3.8, 4) is 0 Å². The van der Waals surface area contributed by atoms with Crippen molar-refractivity contribution < 1.29 is 10.2 Å². The van der Waals surface area contributed by atoms with E-state index in [1.54, 1.807) is 35.1 Å². The van der Waals surface area contributed by atoms with Gasteiger partial charge in [0.1, 0.15) is 16.6 Å². The van der Waals surface area contributed by atoms with Crippen molar-refractivity contribution in [1.82, 2.24) is 29.3 Å². The average Bonchev–Trinajstić information content (AvgIpc) is 3.86. The second kappa shape index (κ2) is 13.4. The fourth-order valence-electron chi connectivity index (χ4n) is 6.82. The second-order valence-electron chi connectivity index (χ2n) is 13.3. The van der Waals surface area contributed by atoms with Gasteiger partial charge in [-0.1, -0.05) is 0 Å². The lowest BCUT2D eigenvalue weighted by atomic mass is 9.84. The number of hydrogen-bond donors (Lipinski definition) is 5. The number of nitrogens with zero attached hydrogens (tertiary/aromatic N) is 7. The number of fused-ring (bicyclic) bond motifs is 2. The predicted molar refractivity (Wildman–Crippen MR) is 199 cm³/mol. The topological polar surface area (TPSA) is 157 Å². The summed E-state index contributed by atoms with van der Waals surface area (Å²) in [7, 11) is 0. The van der Waals surface area contributed by atoms with Crippen LogP contribution in [-0.2, 0) is 0 Å². The van der Waals surface area contributed by atoms with Crippen molar-refractivity contribution in [1.29, 1.82) is 0 Å². The molecule has 3 atom stereocenters. The minimum Gasteiger partial charge on any atom is -0.391 e. The third-order valence-electron chi connectivity index (χ3n) is 9.46. The van der Waals surface area contributed by atoms with E-state index in [1.807, 2.05) is 54.9 Å². The van der Waals surface area contributed by atoms with Gasteiger partial charge in [-0.2, -0.15) is 14.3 Å². The van der Waals surface area contributed by atoms with E-state index >= 15 is 0 Å². The lowest BCUT2D eigenvalue weighted by molar-refractivity contribution is 0.0196. The molecule has 0 bridgehead atoms. The predicted octanol–water partition coefficient (Wildman–Crippen LogP) is 7.24. The third kappa shape index (κ3) is 6.90. The molecule has 0 radical (unpaired) electrons. The standard InChI is InChI=1S/C34H38N10O2S3/c1-19-17-27(49-43-19)44(33-40-24-10-16-48-29(24)31(42-33)36-20-5-11-34(2,46)12-6-20)25-18-22(3-4-26(25)45)37-30-28-23(9-15-47-28)39-32(41-30)38-21-7-13-35-14-8-21/h7-10,13-17,20,22,25-26,45-46H,3-6,11-12,18H2,1-2H3,(H,36,40,42)(H2,35,37,38,39,41)/t20?,22-,25?,26-,34?/m1/s1. The monoisotopic (exact) mass is 714 g/mol. The first-order valence-electron chi connectivity index (χ1n) is 16.6. The largest absolute Gasteiger partial charge is 0.391 e. The molecule has 6 aromatic heterocycles. The van der Waals surface area contributed by atoms with Crippen LogP contribution in [-0.4, -0.2) is 69.3 Å². The van der Waals surface area contributed by atoms with Gasteiger partial charge in [0.2, 0.25) is 11.9 Å². The van der Waals surface area contributed by atoms with Crippen molar-refractivity contribution >= 4 is 88.9 Å². The van der Waals surface area contributed by atoms with E-state index in [1.165, 1.54) is 11.5 Å². The van der Waals surface area contributed by atoms with Crippen LogP contribution in [0, 0.1) is 6.92 Å². The molecular formula is C34H38N10O2S3. The van der Waals surface area contributed by atoms with E-state index in [0.717, 1.165) is 80.6 Å². The molecule has 5 N–H and O–H groups in total. The molecule has 49 heavy (non-hydrogen) atoms. The molecule has 0 aromatic carbocycles. The summed E-state index contributed by atoms with van der Waals surface area (Å²) in [5.41, 5.74) is 2.88. The van der Waals surface area contributed by atoms with Gasteiger partial charge in [-0.05, 0) is 111 Å². The molecule has 15 heteroatoms. The summed E-state index contributed by atoms with van der Waals surface area (Å²) in [4.78, 5) is 26.1.